The Hall–Kier alpha value is -2.01. The zero-order valence-corrected chi connectivity index (χ0v) is 11.6. The summed E-state index contributed by atoms with van der Waals surface area (Å²) < 4.78 is 40.1. The Balaban J connectivity index is 2.39. The number of hydrogen-bond acceptors (Lipinski definition) is 2. The summed E-state index contributed by atoms with van der Waals surface area (Å²) in [6.45, 7) is 1.41. The molecule has 0 N–H and O–H groups in total. The van der Waals surface area contributed by atoms with Crippen LogP contribution in [0.25, 0.3) is 11.1 Å². The van der Waals surface area contributed by atoms with Crippen LogP contribution in [0.4, 0.5) is 13.2 Å². The third-order valence-electron chi connectivity index (χ3n) is 2.76. The number of carbonyl (C=O) groups is 1. The van der Waals surface area contributed by atoms with E-state index in [1.807, 2.05) is 0 Å². The predicted octanol–water partition coefficient (Wildman–Crippen LogP) is 5.11. The second kappa shape index (κ2) is 5.77. The van der Waals surface area contributed by atoms with Crippen molar-refractivity contribution in [2.24, 2.45) is 0 Å². The van der Waals surface area contributed by atoms with Gasteiger partial charge in [-0.1, -0.05) is 23.7 Å². The van der Waals surface area contributed by atoms with Gasteiger partial charge in [0.05, 0.1) is 0 Å². The number of ketones is 1. The van der Waals surface area contributed by atoms with Crippen LogP contribution in [0.2, 0.25) is 5.02 Å². The smallest absolute Gasteiger partial charge is 0.406 e. The van der Waals surface area contributed by atoms with Gasteiger partial charge in [0.1, 0.15) is 5.75 Å². The highest BCUT2D eigenvalue weighted by atomic mass is 35.5. The van der Waals surface area contributed by atoms with Crippen molar-refractivity contribution >= 4 is 17.4 Å². The summed E-state index contributed by atoms with van der Waals surface area (Å²) in [6, 6.07) is 10.0. The van der Waals surface area contributed by atoms with Crippen molar-refractivity contribution in [2.45, 2.75) is 13.3 Å². The fraction of sp³-hybridized carbons (Fsp3) is 0.133. The maximum atomic E-state index is 12.1. The first-order valence-electron chi connectivity index (χ1n) is 5.93. The minimum absolute atomic E-state index is 0.155. The summed E-state index contributed by atoms with van der Waals surface area (Å²) in [5.41, 5.74) is 1.59. The number of halogens is 4. The third kappa shape index (κ3) is 3.98. The minimum Gasteiger partial charge on any atom is -0.406 e. The van der Waals surface area contributed by atoms with Crippen LogP contribution in [0.1, 0.15) is 17.3 Å². The lowest BCUT2D eigenvalue weighted by molar-refractivity contribution is -0.274. The SMILES string of the molecule is CC(=O)c1ccc(Cl)cc1-c1ccc(OC(F)(F)F)cc1. The van der Waals surface area contributed by atoms with E-state index < -0.39 is 6.36 Å². The first-order chi connectivity index (χ1) is 9.76. The summed E-state index contributed by atoms with van der Waals surface area (Å²) in [5.74, 6) is -0.477. The zero-order chi connectivity index (χ0) is 15.6. The number of Topliss-reactive ketones (excluding diaryl/α,β-unsaturated/α-hetero) is 1. The molecule has 0 heterocycles. The van der Waals surface area contributed by atoms with Crippen LogP contribution in [-0.4, -0.2) is 12.1 Å². The average molecular weight is 315 g/mol. The monoisotopic (exact) mass is 314 g/mol. The van der Waals surface area contributed by atoms with Crippen LogP contribution in [0, 0.1) is 0 Å². The van der Waals surface area contributed by atoms with Crippen molar-refractivity contribution in [3.8, 4) is 16.9 Å². The Morgan fingerprint density at radius 2 is 1.71 bits per heavy atom. The molecular formula is C15H10ClF3O2. The molecule has 0 aliphatic heterocycles. The van der Waals surface area contributed by atoms with Crippen LogP contribution in [0.15, 0.2) is 42.5 Å². The number of hydrogen-bond donors (Lipinski definition) is 0. The molecule has 21 heavy (non-hydrogen) atoms. The van der Waals surface area contributed by atoms with E-state index in [-0.39, 0.29) is 11.5 Å². The third-order valence-corrected chi connectivity index (χ3v) is 2.99. The van der Waals surface area contributed by atoms with E-state index in [4.69, 9.17) is 11.6 Å². The normalized spacial score (nSPS) is 11.3. The number of ether oxygens (including phenoxy) is 1. The molecule has 0 unspecified atom stereocenters. The van der Waals surface area contributed by atoms with E-state index in [1.54, 1.807) is 18.2 Å². The van der Waals surface area contributed by atoms with Gasteiger partial charge in [0.25, 0.3) is 0 Å². The van der Waals surface area contributed by atoms with Gasteiger partial charge < -0.3 is 4.74 Å². The van der Waals surface area contributed by atoms with E-state index in [9.17, 15) is 18.0 Å². The number of alkyl halides is 3. The largest absolute Gasteiger partial charge is 0.573 e. The van der Waals surface area contributed by atoms with E-state index in [0.717, 1.165) is 0 Å². The molecule has 0 aliphatic carbocycles. The molecule has 0 saturated heterocycles. The van der Waals surface area contributed by atoms with E-state index in [1.165, 1.54) is 31.2 Å². The molecule has 0 bridgehead atoms. The van der Waals surface area contributed by atoms with Crippen LogP contribution < -0.4 is 4.74 Å². The predicted molar refractivity (Wildman–Crippen MR) is 73.6 cm³/mol. The van der Waals surface area contributed by atoms with Crippen LogP contribution in [0.3, 0.4) is 0 Å². The first-order valence-corrected chi connectivity index (χ1v) is 6.31. The summed E-state index contributed by atoms with van der Waals surface area (Å²) >= 11 is 5.91. The lowest BCUT2D eigenvalue weighted by Crippen LogP contribution is -2.16. The molecule has 0 aliphatic rings. The molecule has 0 aromatic heterocycles. The maximum absolute atomic E-state index is 12.1. The van der Waals surface area contributed by atoms with Gasteiger partial charge >= 0.3 is 6.36 Å². The molecule has 110 valence electrons. The minimum atomic E-state index is -4.73. The molecule has 2 nitrogen and oxygen atoms in total. The Kier molecular flexibility index (Phi) is 4.23. The first kappa shape index (κ1) is 15.4. The van der Waals surface area contributed by atoms with E-state index >= 15 is 0 Å². The van der Waals surface area contributed by atoms with Crippen LogP contribution in [0.5, 0.6) is 5.75 Å². The molecular weight excluding hydrogens is 305 g/mol. The van der Waals surface area contributed by atoms with Crippen molar-refractivity contribution in [3.63, 3.8) is 0 Å². The Labute approximate surface area is 124 Å². The lowest BCUT2D eigenvalue weighted by Gasteiger charge is -2.11. The lowest BCUT2D eigenvalue weighted by atomic mass is 9.97. The quantitative estimate of drug-likeness (QED) is 0.736. The van der Waals surface area contributed by atoms with Crippen LogP contribution >= 0.6 is 11.6 Å². The fourth-order valence-electron chi connectivity index (χ4n) is 1.90. The highest BCUT2D eigenvalue weighted by Gasteiger charge is 2.31. The molecule has 0 amide bonds. The van der Waals surface area contributed by atoms with E-state index in [0.29, 0.717) is 21.7 Å². The van der Waals surface area contributed by atoms with Gasteiger partial charge in [0.2, 0.25) is 0 Å². The van der Waals surface area contributed by atoms with Gasteiger partial charge in [0, 0.05) is 10.6 Å². The van der Waals surface area contributed by atoms with Gasteiger partial charge in [0.15, 0.2) is 5.78 Å². The standard InChI is InChI=1S/C15H10ClF3O2/c1-9(20)13-7-4-11(16)8-14(13)10-2-5-12(6-3-10)21-15(17,18)19/h2-8H,1H3. The molecule has 0 saturated carbocycles. The highest BCUT2D eigenvalue weighted by molar-refractivity contribution is 6.31. The second-order valence-electron chi connectivity index (χ2n) is 4.32. The number of rotatable bonds is 3. The molecule has 0 atom stereocenters. The highest BCUT2D eigenvalue weighted by Crippen LogP contribution is 2.30. The van der Waals surface area contributed by atoms with Gasteiger partial charge in [-0.15, -0.1) is 13.2 Å². The van der Waals surface area contributed by atoms with Crippen LogP contribution in [-0.2, 0) is 0 Å². The van der Waals surface area contributed by atoms with Crippen molar-refractivity contribution in [2.75, 3.05) is 0 Å². The average Bonchev–Trinajstić information content (AvgIpc) is 2.37. The summed E-state index contributed by atoms with van der Waals surface area (Å²) in [5, 5.41) is 0.436. The molecule has 6 heteroatoms. The summed E-state index contributed by atoms with van der Waals surface area (Å²) in [7, 11) is 0. The molecule has 0 radical (unpaired) electrons. The van der Waals surface area contributed by atoms with Crippen molar-refractivity contribution in [1.82, 2.24) is 0 Å². The molecule has 0 fully saturated rings. The van der Waals surface area contributed by atoms with Gasteiger partial charge in [-0.2, -0.15) is 0 Å². The van der Waals surface area contributed by atoms with Gasteiger partial charge in [-0.3, -0.25) is 4.79 Å². The maximum Gasteiger partial charge on any atom is 0.573 e. The Morgan fingerprint density at radius 3 is 2.24 bits per heavy atom. The Bertz CT molecular complexity index is 664. The molecule has 2 aromatic rings. The second-order valence-corrected chi connectivity index (χ2v) is 4.75. The van der Waals surface area contributed by atoms with Gasteiger partial charge in [-0.05, 0) is 48.4 Å². The number of benzene rings is 2. The van der Waals surface area contributed by atoms with Crippen molar-refractivity contribution in [3.05, 3.63) is 53.1 Å². The summed E-state index contributed by atoms with van der Waals surface area (Å²) in [4.78, 5) is 11.6. The topological polar surface area (TPSA) is 26.3 Å². The van der Waals surface area contributed by atoms with Crippen molar-refractivity contribution in [1.29, 1.82) is 0 Å². The van der Waals surface area contributed by atoms with E-state index in [2.05, 4.69) is 4.74 Å². The number of carbonyl (C=O) groups excluding carboxylic acids is 1. The summed E-state index contributed by atoms with van der Waals surface area (Å²) in [6.07, 6.45) is -4.73. The zero-order valence-electron chi connectivity index (χ0n) is 10.9. The molecule has 2 aromatic carbocycles. The van der Waals surface area contributed by atoms with Crippen molar-refractivity contribution < 1.29 is 22.7 Å². The Morgan fingerprint density at radius 1 is 1.10 bits per heavy atom. The fourth-order valence-corrected chi connectivity index (χ4v) is 2.07. The molecule has 0 spiro atoms. The molecule has 2 rings (SSSR count). The van der Waals surface area contributed by atoms with Gasteiger partial charge in [-0.25, -0.2) is 0 Å².